The summed E-state index contributed by atoms with van der Waals surface area (Å²) in [5, 5.41) is 3.95. The molecule has 0 amide bonds. The summed E-state index contributed by atoms with van der Waals surface area (Å²) in [7, 11) is 0. The molecule has 4 nitrogen and oxygen atoms in total. The van der Waals surface area contributed by atoms with Crippen LogP contribution in [0.1, 0.15) is 21.5 Å². The van der Waals surface area contributed by atoms with Crippen molar-refractivity contribution >= 4 is 16.8 Å². The maximum absolute atomic E-state index is 13.3. The third-order valence-corrected chi connectivity index (χ3v) is 5.26. The largest absolute Gasteiger partial charge is 0.308 e. The summed E-state index contributed by atoms with van der Waals surface area (Å²) < 4.78 is 1.70. The van der Waals surface area contributed by atoms with Gasteiger partial charge in [0, 0.05) is 35.2 Å². The average Bonchev–Trinajstić information content (AvgIpc) is 3.04. The van der Waals surface area contributed by atoms with E-state index >= 15 is 0 Å². The quantitative estimate of drug-likeness (QED) is 0.524. The van der Waals surface area contributed by atoms with Gasteiger partial charge in [0.2, 0.25) is 0 Å². The van der Waals surface area contributed by atoms with Crippen LogP contribution in [-0.4, -0.2) is 10.5 Å². The summed E-state index contributed by atoms with van der Waals surface area (Å²) in [5.41, 5.74) is 4.60. The van der Waals surface area contributed by atoms with E-state index in [9.17, 15) is 9.59 Å². The molecule has 0 bridgehead atoms. The van der Waals surface area contributed by atoms with Crippen LogP contribution in [-0.2, 0) is 13.1 Å². The minimum Gasteiger partial charge on any atom is -0.308 e. The van der Waals surface area contributed by atoms with Gasteiger partial charge >= 0.3 is 0 Å². The number of nitrogens with one attached hydrogen (secondary N) is 1. The molecule has 0 aliphatic carbocycles. The number of para-hydroxylation sites is 1. The number of hydrogen-bond donors (Lipinski definition) is 1. The van der Waals surface area contributed by atoms with Crippen LogP contribution in [0.4, 0.5) is 0 Å². The molecule has 1 aliphatic rings. The van der Waals surface area contributed by atoms with Crippen LogP contribution in [0.25, 0.3) is 22.2 Å². The summed E-state index contributed by atoms with van der Waals surface area (Å²) in [5.74, 6) is -0.0777. The zero-order valence-corrected chi connectivity index (χ0v) is 15.2. The maximum atomic E-state index is 13.3. The van der Waals surface area contributed by atoms with E-state index in [-0.39, 0.29) is 11.3 Å². The van der Waals surface area contributed by atoms with Crippen molar-refractivity contribution in [3.8, 4) is 11.3 Å². The van der Waals surface area contributed by atoms with Gasteiger partial charge in [-0.15, -0.1) is 0 Å². The highest BCUT2D eigenvalue weighted by Gasteiger charge is 2.30. The topological polar surface area (TPSA) is 51.1 Å². The van der Waals surface area contributed by atoms with Crippen molar-refractivity contribution in [2.45, 2.75) is 13.1 Å². The van der Waals surface area contributed by atoms with Crippen molar-refractivity contribution in [2.24, 2.45) is 0 Å². The molecule has 136 valence electrons. The lowest BCUT2D eigenvalue weighted by Gasteiger charge is -2.14. The number of benzene rings is 3. The van der Waals surface area contributed by atoms with Crippen LogP contribution in [0.3, 0.4) is 0 Å². The van der Waals surface area contributed by atoms with Crippen molar-refractivity contribution in [3.05, 3.63) is 106 Å². The number of carbonyl (C=O) groups excluding carboxylic acids is 1. The average molecular weight is 366 g/mol. The van der Waals surface area contributed by atoms with Gasteiger partial charge in [-0.05, 0) is 23.8 Å². The van der Waals surface area contributed by atoms with Crippen molar-refractivity contribution in [3.63, 3.8) is 0 Å². The van der Waals surface area contributed by atoms with Gasteiger partial charge in [-0.25, -0.2) is 0 Å². The van der Waals surface area contributed by atoms with E-state index < -0.39 is 0 Å². The molecule has 0 saturated heterocycles. The van der Waals surface area contributed by atoms with Gasteiger partial charge in [-0.3, -0.25) is 14.2 Å². The van der Waals surface area contributed by atoms with Crippen molar-refractivity contribution in [2.75, 3.05) is 0 Å². The normalized spacial score (nSPS) is 12.2. The van der Waals surface area contributed by atoms with Crippen molar-refractivity contribution < 1.29 is 4.79 Å². The predicted octanol–water partition coefficient (Wildman–Crippen LogP) is 3.96. The van der Waals surface area contributed by atoms with E-state index in [1.54, 1.807) is 10.6 Å². The zero-order chi connectivity index (χ0) is 19.1. The molecule has 0 atom stereocenters. The Hall–Kier alpha value is -3.50. The fourth-order valence-corrected chi connectivity index (χ4v) is 3.97. The zero-order valence-electron chi connectivity index (χ0n) is 15.2. The number of pyridine rings is 1. The van der Waals surface area contributed by atoms with E-state index in [0.29, 0.717) is 40.8 Å². The first-order valence-corrected chi connectivity index (χ1v) is 9.31. The van der Waals surface area contributed by atoms with Gasteiger partial charge in [0.05, 0.1) is 11.2 Å². The summed E-state index contributed by atoms with van der Waals surface area (Å²) >= 11 is 0. The Morgan fingerprint density at radius 2 is 1.39 bits per heavy atom. The first kappa shape index (κ1) is 16.7. The maximum Gasteiger partial charge on any atom is 0.263 e. The number of hydrogen-bond acceptors (Lipinski definition) is 3. The monoisotopic (exact) mass is 366 g/mol. The van der Waals surface area contributed by atoms with Gasteiger partial charge in [0.25, 0.3) is 5.91 Å². The molecular formula is C24H18N2O2. The van der Waals surface area contributed by atoms with E-state index in [1.165, 1.54) is 0 Å². The molecule has 5 rings (SSSR count). The van der Waals surface area contributed by atoms with E-state index in [1.807, 2.05) is 72.8 Å². The second kappa shape index (κ2) is 6.59. The molecule has 0 saturated carbocycles. The van der Waals surface area contributed by atoms with Crippen LogP contribution in [0.15, 0.2) is 83.7 Å². The van der Waals surface area contributed by atoms with Crippen LogP contribution in [0.5, 0.6) is 0 Å². The Labute approximate surface area is 162 Å². The number of aromatic nitrogens is 1. The summed E-state index contributed by atoms with van der Waals surface area (Å²) in [6.45, 7) is 1.05. The molecule has 1 aliphatic heterocycles. The molecule has 3 aromatic carbocycles. The van der Waals surface area contributed by atoms with Crippen LogP contribution in [0, 0.1) is 0 Å². The Kier molecular flexibility index (Phi) is 3.92. The smallest absolute Gasteiger partial charge is 0.263 e. The number of carbonyl (C=O) groups is 1. The van der Waals surface area contributed by atoms with Gasteiger partial charge in [-0.1, -0.05) is 60.7 Å². The fourth-order valence-electron chi connectivity index (χ4n) is 3.97. The first-order valence-electron chi connectivity index (χ1n) is 9.31. The fraction of sp³-hybridized carbons (Fsp3) is 0.0833. The molecule has 4 heteroatoms. The van der Waals surface area contributed by atoms with E-state index in [0.717, 1.165) is 11.1 Å². The summed E-state index contributed by atoms with van der Waals surface area (Å²) in [6, 6.07) is 24.9. The van der Waals surface area contributed by atoms with Crippen LogP contribution < -0.4 is 10.7 Å². The molecule has 2 heterocycles. The van der Waals surface area contributed by atoms with E-state index in [4.69, 9.17) is 0 Å². The number of rotatable bonds is 4. The predicted molar refractivity (Wildman–Crippen MR) is 110 cm³/mol. The Balaban J connectivity index is 1.66. The van der Waals surface area contributed by atoms with Gasteiger partial charge in [0.1, 0.15) is 0 Å². The van der Waals surface area contributed by atoms with Gasteiger partial charge in [-0.2, -0.15) is 0 Å². The highest BCUT2D eigenvalue weighted by atomic mass is 16.2. The molecule has 0 radical (unpaired) electrons. The molecule has 4 aromatic rings. The number of fused-ring (bicyclic) bond motifs is 5. The van der Waals surface area contributed by atoms with Crippen molar-refractivity contribution in [1.29, 1.82) is 0 Å². The molecule has 0 fully saturated rings. The Morgan fingerprint density at radius 3 is 2.21 bits per heavy atom. The van der Waals surface area contributed by atoms with Crippen LogP contribution in [0.2, 0.25) is 0 Å². The lowest BCUT2D eigenvalue weighted by molar-refractivity contribution is 0.0973. The second-order valence-electron chi connectivity index (χ2n) is 6.95. The summed E-state index contributed by atoms with van der Waals surface area (Å²) in [6.07, 6.45) is 0. The minimum absolute atomic E-state index is 0.0214. The summed E-state index contributed by atoms with van der Waals surface area (Å²) in [4.78, 5) is 26.4. The van der Waals surface area contributed by atoms with Gasteiger partial charge < -0.3 is 5.32 Å². The lowest BCUT2D eigenvalue weighted by atomic mass is 10.0. The van der Waals surface area contributed by atoms with Crippen LogP contribution >= 0.6 is 0 Å². The van der Waals surface area contributed by atoms with Gasteiger partial charge in [0.15, 0.2) is 5.43 Å². The Bertz CT molecular complexity index is 1270. The molecule has 0 unspecified atom stereocenters. The molecule has 28 heavy (non-hydrogen) atoms. The van der Waals surface area contributed by atoms with E-state index in [2.05, 4.69) is 5.32 Å². The second-order valence-corrected chi connectivity index (χ2v) is 6.95. The highest BCUT2D eigenvalue weighted by Crippen LogP contribution is 2.35. The molecular weight excluding hydrogens is 348 g/mol. The first-order chi connectivity index (χ1) is 13.8. The lowest BCUT2D eigenvalue weighted by Crippen LogP contribution is -2.24. The molecule has 0 spiro atoms. The standard InChI is InChI=1S/C24H18N2O2/c27-23-19-12-6-7-13-21(19)26-22(17-10-4-5-11-18(17)24(26)28)20(23)15-25-14-16-8-2-1-3-9-16/h1-13,25H,14-15H2. The SMILES string of the molecule is O=C1c2ccccc2-c2c(CNCc3ccccc3)c(=O)c3ccccc3n21. The minimum atomic E-state index is -0.0777. The highest BCUT2D eigenvalue weighted by molar-refractivity contribution is 6.13. The number of nitrogens with zero attached hydrogens (tertiary/aromatic N) is 1. The molecule has 1 aromatic heterocycles. The molecule has 1 N–H and O–H groups in total. The Morgan fingerprint density at radius 1 is 0.714 bits per heavy atom. The third-order valence-electron chi connectivity index (χ3n) is 5.26. The third kappa shape index (κ3) is 2.50. The van der Waals surface area contributed by atoms with Crippen molar-refractivity contribution in [1.82, 2.24) is 9.88 Å².